The quantitative estimate of drug-likeness (QED) is 0.721. The number of carbonyl (C=O) groups excluding carboxylic acids is 1. The maximum Gasteiger partial charge on any atom is 0.255 e. The molecular formula is C13H20FN3OS. The Morgan fingerprint density at radius 1 is 1.42 bits per heavy atom. The van der Waals surface area contributed by atoms with Gasteiger partial charge in [-0.2, -0.15) is 11.8 Å². The van der Waals surface area contributed by atoms with E-state index in [4.69, 9.17) is 0 Å². The normalized spacial score (nSPS) is 10.3. The van der Waals surface area contributed by atoms with E-state index >= 15 is 0 Å². The molecule has 1 heterocycles. The van der Waals surface area contributed by atoms with Crippen LogP contribution in [-0.4, -0.2) is 36.5 Å². The van der Waals surface area contributed by atoms with Crippen molar-refractivity contribution in [1.29, 1.82) is 0 Å². The van der Waals surface area contributed by atoms with Crippen molar-refractivity contribution in [3.8, 4) is 0 Å². The summed E-state index contributed by atoms with van der Waals surface area (Å²) in [5.74, 6) is 0.734. The van der Waals surface area contributed by atoms with E-state index in [2.05, 4.69) is 21.9 Å². The number of pyridine rings is 1. The highest BCUT2D eigenvalue weighted by atomic mass is 32.2. The molecule has 1 amide bonds. The van der Waals surface area contributed by atoms with Crippen LogP contribution >= 0.6 is 11.8 Å². The summed E-state index contributed by atoms with van der Waals surface area (Å²) in [5.41, 5.74) is 0.242. The first-order valence-electron chi connectivity index (χ1n) is 6.29. The molecule has 0 atom stereocenters. The Hall–Kier alpha value is -1.30. The minimum Gasteiger partial charge on any atom is -0.372 e. The van der Waals surface area contributed by atoms with Crippen LogP contribution in [0.3, 0.4) is 0 Å². The summed E-state index contributed by atoms with van der Waals surface area (Å²) in [5, 5.41) is 5.57. The molecule has 0 aliphatic carbocycles. The molecule has 2 N–H and O–H groups in total. The Kier molecular flexibility index (Phi) is 7.25. The second kappa shape index (κ2) is 8.74. The van der Waals surface area contributed by atoms with Crippen LogP contribution in [0, 0.1) is 5.82 Å². The van der Waals surface area contributed by atoms with Gasteiger partial charge in [-0.3, -0.25) is 4.79 Å². The van der Waals surface area contributed by atoms with Gasteiger partial charge in [-0.25, -0.2) is 9.37 Å². The van der Waals surface area contributed by atoms with E-state index in [-0.39, 0.29) is 11.5 Å². The largest absolute Gasteiger partial charge is 0.372 e. The number of hydrogen-bond acceptors (Lipinski definition) is 4. The fraction of sp³-hybridized carbons (Fsp3) is 0.538. The van der Waals surface area contributed by atoms with Crippen LogP contribution in [0.1, 0.15) is 29.6 Å². The molecule has 106 valence electrons. The fourth-order valence-corrected chi connectivity index (χ4v) is 2.15. The maximum absolute atomic E-state index is 13.1. The van der Waals surface area contributed by atoms with Gasteiger partial charge in [-0.05, 0) is 30.9 Å². The molecule has 0 unspecified atom stereocenters. The average molecular weight is 285 g/mol. The second-order valence-corrected chi connectivity index (χ2v) is 5.09. The van der Waals surface area contributed by atoms with Gasteiger partial charge in [-0.15, -0.1) is 0 Å². The molecule has 0 aromatic carbocycles. The topological polar surface area (TPSA) is 54.0 Å². The van der Waals surface area contributed by atoms with Crippen LogP contribution in [0.5, 0.6) is 0 Å². The summed E-state index contributed by atoms with van der Waals surface area (Å²) in [7, 11) is 1.65. The Balaban J connectivity index is 2.43. The third-order valence-electron chi connectivity index (χ3n) is 2.65. The molecule has 0 aliphatic heterocycles. The number of anilines is 1. The van der Waals surface area contributed by atoms with Crippen LogP contribution in [0.4, 0.5) is 10.2 Å². The summed E-state index contributed by atoms with van der Waals surface area (Å²) >= 11 is 1.82. The molecule has 1 aromatic rings. The van der Waals surface area contributed by atoms with Crippen molar-refractivity contribution < 1.29 is 9.18 Å². The van der Waals surface area contributed by atoms with Crippen LogP contribution in [0.2, 0.25) is 0 Å². The van der Waals surface area contributed by atoms with Gasteiger partial charge in [0, 0.05) is 13.6 Å². The van der Waals surface area contributed by atoms with Gasteiger partial charge in [0.25, 0.3) is 5.91 Å². The number of rotatable bonds is 8. The van der Waals surface area contributed by atoms with Crippen molar-refractivity contribution in [2.24, 2.45) is 0 Å². The first kappa shape index (κ1) is 15.8. The van der Waals surface area contributed by atoms with Crippen LogP contribution in [0.15, 0.2) is 12.3 Å². The molecule has 0 fully saturated rings. The lowest BCUT2D eigenvalue weighted by molar-refractivity contribution is 0.0953. The average Bonchev–Trinajstić information content (AvgIpc) is 2.42. The molecule has 0 radical (unpaired) electrons. The van der Waals surface area contributed by atoms with Crippen LogP contribution < -0.4 is 10.6 Å². The molecule has 1 aromatic heterocycles. The van der Waals surface area contributed by atoms with Gasteiger partial charge >= 0.3 is 0 Å². The lowest BCUT2D eigenvalue weighted by atomic mass is 10.2. The Morgan fingerprint density at radius 3 is 2.89 bits per heavy atom. The number of amides is 1. The predicted octanol–water partition coefficient (Wildman–Crippen LogP) is 2.53. The van der Waals surface area contributed by atoms with Crippen molar-refractivity contribution in [3.05, 3.63) is 23.6 Å². The Morgan fingerprint density at radius 2 is 2.21 bits per heavy atom. The number of nitrogens with zero attached hydrogens (tertiary/aromatic N) is 1. The molecule has 0 spiro atoms. The first-order chi connectivity index (χ1) is 9.19. The third kappa shape index (κ3) is 5.46. The Bertz CT molecular complexity index is 415. The lowest BCUT2D eigenvalue weighted by Crippen LogP contribution is -2.25. The molecule has 4 nitrogen and oxygen atoms in total. The van der Waals surface area contributed by atoms with Crippen molar-refractivity contribution >= 4 is 23.5 Å². The van der Waals surface area contributed by atoms with Crippen LogP contribution in [0.25, 0.3) is 0 Å². The molecule has 0 aliphatic rings. The van der Waals surface area contributed by atoms with E-state index in [1.54, 1.807) is 7.05 Å². The van der Waals surface area contributed by atoms with Gasteiger partial charge < -0.3 is 10.6 Å². The van der Waals surface area contributed by atoms with Gasteiger partial charge in [0.15, 0.2) is 0 Å². The van der Waals surface area contributed by atoms with E-state index < -0.39 is 5.82 Å². The molecule has 6 heteroatoms. The van der Waals surface area contributed by atoms with Gasteiger partial charge in [-0.1, -0.05) is 6.42 Å². The molecule has 0 saturated carbocycles. The zero-order chi connectivity index (χ0) is 14.1. The summed E-state index contributed by atoms with van der Waals surface area (Å²) < 4.78 is 13.1. The third-order valence-corrected chi connectivity index (χ3v) is 3.34. The molecule has 19 heavy (non-hydrogen) atoms. The molecular weight excluding hydrogens is 265 g/mol. The van der Waals surface area contributed by atoms with Gasteiger partial charge in [0.05, 0.1) is 11.8 Å². The number of aromatic nitrogens is 1. The zero-order valence-electron chi connectivity index (χ0n) is 11.3. The number of halogens is 1. The van der Waals surface area contributed by atoms with E-state index in [1.807, 2.05) is 11.8 Å². The van der Waals surface area contributed by atoms with E-state index in [9.17, 15) is 9.18 Å². The number of thioether (sulfide) groups is 1. The van der Waals surface area contributed by atoms with Crippen molar-refractivity contribution in [2.45, 2.75) is 19.3 Å². The standard InChI is InChI=1S/C13H20FN3OS/c1-15-12-11(8-10(14)9-17-12)13(18)16-6-4-3-5-7-19-2/h8-9H,3-7H2,1-2H3,(H,15,17)(H,16,18). The molecule has 0 saturated heterocycles. The predicted molar refractivity (Wildman–Crippen MR) is 78.3 cm³/mol. The Labute approximate surface area is 117 Å². The monoisotopic (exact) mass is 285 g/mol. The highest BCUT2D eigenvalue weighted by Gasteiger charge is 2.12. The van der Waals surface area contributed by atoms with Crippen molar-refractivity contribution in [1.82, 2.24) is 10.3 Å². The van der Waals surface area contributed by atoms with Crippen molar-refractivity contribution in [2.75, 3.05) is 30.9 Å². The zero-order valence-corrected chi connectivity index (χ0v) is 12.1. The fourth-order valence-electron chi connectivity index (χ4n) is 1.66. The van der Waals surface area contributed by atoms with Crippen molar-refractivity contribution in [3.63, 3.8) is 0 Å². The van der Waals surface area contributed by atoms with E-state index in [0.717, 1.165) is 31.2 Å². The number of nitrogens with one attached hydrogen (secondary N) is 2. The number of carbonyl (C=O) groups is 1. The summed E-state index contributed by atoms with van der Waals surface area (Å²) in [6.45, 7) is 0.604. The second-order valence-electron chi connectivity index (χ2n) is 4.11. The highest BCUT2D eigenvalue weighted by Crippen LogP contribution is 2.12. The van der Waals surface area contributed by atoms with Gasteiger partial charge in [0.2, 0.25) is 0 Å². The van der Waals surface area contributed by atoms with Gasteiger partial charge in [0.1, 0.15) is 11.6 Å². The summed E-state index contributed by atoms with van der Waals surface area (Å²) in [6.07, 6.45) is 6.34. The lowest BCUT2D eigenvalue weighted by Gasteiger charge is -2.09. The first-order valence-corrected chi connectivity index (χ1v) is 7.69. The smallest absolute Gasteiger partial charge is 0.255 e. The number of unbranched alkanes of at least 4 members (excludes halogenated alkanes) is 2. The van der Waals surface area contributed by atoms with Crippen LogP contribution in [-0.2, 0) is 0 Å². The SMILES string of the molecule is CNc1ncc(F)cc1C(=O)NCCCCCSC. The molecule has 0 bridgehead atoms. The molecule has 1 rings (SSSR count). The maximum atomic E-state index is 13.1. The summed E-state index contributed by atoms with van der Waals surface area (Å²) in [6, 6.07) is 1.20. The van der Waals surface area contributed by atoms with E-state index in [1.165, 1.54) is 6.07 Å². The highest BCUT2D eigenvalue weighted by molar-refractivity contribution is 7.98. The minimum atomic E-state index is -0.510. The number of hydrogen-bond donors (Lipinski definition) is 2. The van der Waals surface area contributed by atoms with E-state index in [0.29, 0.717) is 12.4 Å². The summed E-state index contributed by atoms with van der Waals surface area (Å²) in [4.78, 5) is 15.7. The minimum absolute atomic E-state index is 0.242.